The van der Waals surface area contributed by atoms with Gasteiger partial charge in [0.05, 0.1) is 17.9 Å². The van der Waals surface area contributed by atoms with Gasteiger partial charge in [-0.1, -0.05) is 19.9 Å². The Bertz CT molecular complexity index is 837. The maximum Gasteiger partial charge on any atom is 0.256 e. The molecule has 0 aliphatic rings. The van der Waals surface area contributed by atoms with E-state index in [1.54, 1.807) is 29.3 Å². The van der Waals surface area contributed by atoms with Gasteiger partial charge in [0.15, 0.2) is 0 Å². The van der Waals surface area contributed by atoms with Gasteiger partial charge >= 0.3 is 0 Å². The molecular formula is C18H22N6O. The van der Waals surface area contributed by atoms with Crippen LogP contribution in [0.15, 0.2) is 49.2 Å². The first-order chi connectivity index (χ1) is 12.0. The Labute approximate surface area is 146 Å². The van der Waals surface area contributed by atoms with Crippen LogP contribution >= 0.6 is 0 Å². The monoisotopic (exact) mass is 338 g/mol. The minimum atomic E-state index is -0.180. The van der Waals surface area contributed by atoms with Gasteiger partial charge < -0.3 is 5.32 Å². The van der Waals surface area contributed by atoms with Crippen molar-refractivity contribution in [3.8, 4) is 5.69 Å². The topological polar surface area (TPSA) is 77.6 Å². The Balaban J connectivity index is 1.78. The van der Waals surface area contributed by atoms with Crippen molar-refractivity contribution in [1.29, 1.82) is 0 Å². The minimum Gasteiger partial charge on any atom is -0.307 e. The number of hydrogen-bond acceptors (Lipinski definition) is 4. The molecule has 0 fully saturated rings. The smallest absolute Gasteiger partial charge is 0.256 e. The summed E-state index contributed by atoms with van der Waals surface area (Å²) in [4.78, 5) is 16.6. The summed E-state index contributed by atoms with van der Waals surface area (Å²) in [6, 6.07) is 9.28. The number of hydrogen-bond donors (Lipinski definition) is 1. The van der Waals surface area contributed by atoms with E-state index in [1.807, 2.05) is 22.9 Å². The average Bonchev–Trinajstić information content (AvgIpc) is 3.26. The molecule has 0 unspecified atom stereocenters. The van der Waals surface area contributed by atoms with Crippen LogP contribution in [0.4, 0.5) is 5.82 Å². The van der Waals surface area contributed by atoms with E-state index in [1.165, 1.54) is 6.33 Å². The molecule has 7 nitrogen and oxygen atoms in total. The lowest BCUT2D eigenvalue weighted by Crippen LogP contribution is -2.18. The van der Waals surface area contributed by atoms with Gasteiger partial charge in [-0.25, -0.2) is 14.3 Å². The standard InChI is InChI=1S/C18H22N6O/c1-13(2)9-14(3)24-17(7-8-20-24)22-18(25)15-5-4-6-16(10-15)23-12-19-11-21-23/h4-8,10-14H,9H2,1-3H3,(H,22,25)/t14-/m0/s1. The zero-order chi connectivity index (χ0) is 17.8. The van der Waals surface area contributed by atoms with Crippen molar-refractivity contribution in [2.45, 2.75) is 33.2 Å². The van der Waals surface area contributed by atoms with Gasteiger partial charge in [-0.3, -0.25) is 4.79 Å². The number of carbonyl (C=O) groups is 1. The second-order valence-corrected chi connectivity index (χ2v) is 6.48. The molecule has 0 aliphatic carbocycles. The fourth-order valence-corrected chi connectivity index (χ4v) is 2.87. The second kappa shape index (κ2) is 7.29. The molecule has 1 aromatic carbocycles. The summed E-state index contributed by atoms with van der Waals surface area (Å²) in [6.45, 7) is 6.45. The normalized spacial score (nSPS) is 12.3. The van der Waals surface area contributed by atoms with Crippen molar-refractivity contribution in [2.24, 2.45) is 5.92 Å². The van der Waals surface area contributed by atoms with Crippen LogP contribution in [0.1, 0.15) is 43.6 Å². The molecule has 1 amide bonds. The van der Waals surface area contributed by atoms with Crippen molar-refractivity contribution in [3.05, 3.63) is 54.7 Å². The van der Waals surface area contributed by atoms with Crippen LogP contribution in [0, 0.1) is 5.92 Å². The Morgan fingerprint density at radius 2 is 2.04 bits per heavy atom. The molecular weight excluding hydrogens is 316 g/mol. The maximum absolute atomic E-state index is 12.6. The predicted molar refractivity (Wildman–Crippen MR) is 95.7 cm³/mol. The average molecular weight is 338 g/mol. The van der Waals surface area contributed by atoms with E-state index in [-0.39, 0.29) is 11.9 Å². The van der Waals surface area contributed by atoms with Gasteiger partial charge in [-0.05, 0) is 37.5 Å². The molecule has 7 heteroatoms. The largest absolute Gasteiger partial charge is 0.307 e. The lowest BCUT2D eigenvalue weighted by molar-refractivity contribution is 0.102. The molecule has 0 spiro atoms. The Hall–Kier alpha value is -2.96. The van der Waals surface area contributed by atoms with Gasteiger partial charge in [0, 0.05) is 11.6 Å². The van der Waals surface area contributed by atoms with Crippen molar-refractivity contribution < 1.29 is 4.79 Å². The van der Waals surface area contributed by atoms with E-state index < -0.39 is 0 Å². The molecule has 0 radical (unpaired) electrons. The third-order valence-corrected chi connectivity index (χ3v) is 3.93. The first-order valence-electron chi connectivity index (χ1n) is 8.34. The van der Waals surface area contributed by atoms with E-state index in [2.05, 4.69) is 41.3 Å². The zero-order valence-corrected chi connectivity index (χ0v) is 14.6. The molecule has 2 heterocycles. The predicted octanol–water partition coefficient (Wildman–Crippen LogP) is 3.32. The quantitative estimate of drug-likeness (QED) is 0.748. The van der Waals surface area contributed by atoms with Crippen molar-refractivity contribution in [3.63, 3.8) is 0 Å². The molecule has 25 heavy (non-hydrogen) atoms. The van der Waals surface area contributed by atoms with Gasteiger partial charge in [-0.2, -0.15) is 10.2 Å². The van der Waals surface area contributed by atoms with Gasteiger partial charge in [0.1, 0.15) is 18.5 Å². The highest BCUT2D eigenvalue weighted by Gasteiger charge is 2.15. The number of anilines is 1. The summed E-state index contributed by atoms with van der Waals surface area (Å²) in [5, 5.41) is 11.4. The number of rotatable bonds is 6. The lowest BCUT2D eigenvalue weighted by atomic mass is 10.1. The Morgan fingerprint density at radius 1 is 1.20 bits per heavy atom. The third kappa shape index (κ3) is 3.93. The highest BCUT2D eigenvalue weighted by molar-refractivity contribution is 6.04. The molecule has 3 aromatic rings. The minimum absolute atomic E-state index is 0.180. The fraction of sp³-hybridized carbons (Fsp3) is 0.333. The number of nitrogens with one attached hydrogen (secondary N) is 1. The van der Waals surface area contributed by atoms with Crippen LogP contribution in [0.3, 0.4) is 0 Å². The van der Waals surface area contributed by atoms with Crippen LogP contribution in [0.5, 0.6) is 0 Å². The van der Waals surface area contributed by atoms with Gasteiger partial charge in [0.2, 0.25) is 0 Å². The highest BCUT2D eigenvalue weighted by Crippen LogP contribution is 2.21. The zero-order valence-electron chi connectivity index (χ0n) is 14.6. The molecule has 3 rings (SSSR count). The molecule has 130 valence electrons. The van der Waals surface area contributed by atoms with E-state index >= 15 is 0 Å². The first kappa shape index (κ1) is 16.9. The maximum atomic E-state index is 12.6. The number of amides is 1. The van der Waals surface area contributed by atoms with Gasteiger partial charge in [-0.15, -0.1) is 0 Å². The van der Waals surface area contributed by atoms with Crippen LogP contribution in [-0.4, -0.2) is 30.5 Å². The number of benzene rings is 1. The molecule has 2 aromatic heterocycles. The highest BCUT2D eigenvalue weighted by atomic mass is 16.1. The van der Waals surface area contributed by atoms with E-state index in [9.17, 15) is 4.79 Å². The summed E-state index contributed by atoms with van der Waals surface area (Å²) < 4.78 is 3.48. The summed E-state index contributed by atoms with van der Waals surface area (Å²) >= 11 is 0. The van der Waals surface area contributed by atoms with Gasteiger partial charge in [0.25, 0.3) is 5.91 Å². The van der Waals surface area contributed by atoms with Crippen LogP contribution in [-0.2, 0) is 0 Å². The van der Waals surface area contributed by atoms with Crippen LogP contribution < -0.4 is 5.32 Å². The van der Waals surface area contributed by atoms with Crippen molar-refractivity contribution in [2.75, 3.05) is 5.32 Å². The first-order valence-corrected chi connectivity index (χ1v) is 8.34. The lowest BCUT2D eigenvalue weighted by Gasteiger charge is -2.18. The van der Waals surface area contributed by atoms with Crippen LogP contribution in [0.2, 0.25) is 0 Å². The summed E-state index contributed by atoms with van der Waals surface area (Å²) in [5.41, 5.74) is 1.34. The molecule has 1 atom stereocenters. The summed E-state index contributed by atoms with van der Waals surface area (Å²) in [7, 11) is 0. The van der Waals surface area contributed by atoms with Crippen molar-refractivity contribution in [1.82, 2.24) is 24.5 Å². The Morgan fingerprint density at radius 3 is 2.76 bits per heavy atom. The SMILES string of the molecule is CC(C)C[C@H](C)n1nccc1NC(=O)c1cccc(-n2cncn2)c1. The summed E-state index contributed by atoms with van der Waals surface area (Å²) in [5.74, 6) is 1.08. The van der Waals surface area contributed by atoms with E-state index in [0.29, 0.717) is 17.3 Å². The molecule has 0 aliphatic heterocycles. The summed E-state index contributed by atoms with van der Waals surface area (Å²) in [6.07, 6.45) is 5.76. The van der Waals surface area contributed by atoms with E-state index in [0.717, 1.165) is 12.1 Å². The molecule has 0 saturated heterocycles. The molecule has 1 N–H and O–H groups in total. The van der Waals surface area contributed by atoms with E-state index in [4.69, 9.17) is 0 Å². The Kier molecular flexibility index (Phi) is 4.92. The number of carbonyl (C=O) groups excluding carboxylic acids is 1. The number of nitrogens with zero attached hydrogens (tertiary/aromatic N) is 5. The molecule has 0 saturated carbocycles. The molecule has 0 bridgehead atoms. The van der Waals surface area contributed by atoms with Crippen molar-refractivity contribution >= 4 is 11.7 Å². The third-order valence-electron chi connectivity index (χ3n) is 3.93. The second-order valence-electron chi connectivity index (χ2n) is 6.48. The number of aromatic nitrogens is 5. The van der Waals surface area contributed by atoms with Crippen LogP contribution in [0.25, 0.3) is 5.69 Å². The fourth-order valence-electron chi connectivity index (χ4n) is 2.87.